The zero-order valence-electron chi connectivity index (χ0n) is 14.9. The molecular formula is C20H24N2O4. The first-order valence-electron chi connectivity index (χ1n) is 8.84. The molecule has 0 bridgehead atoms. The molecule has 0 spiro atoms. The SMILES string of the molecule is CC1CN(Cc2cc(-c3ccccn3)ccc2OCC(=O)O)CCCO1. The summed E-state index contributed by atoms with van der Waals surface area (Å²) < 4.78 is 11.2. The van der Waals surface area contributed by atoms with Crippen molar-refractivity contribution >= 4 is 5.97 Å². The Morgan fingerprint density at radius 1 is 1.38 bits per heavy atom. The summed E-state index contributed by atoms with van der Waals surface area (Å²) in [6.07, 6.45) is 2.92. The fourth-order valence-corrected chi connectivity index (χ4v) is 3.14. The van der Waals surface area contributed by atoms with Crippen LogP contribution in [0.5, 0.6) is 5.75 Å². The molecule has 1 aliphatic heterocycles. The number of carboxylic acid groups (broad SMARTS) is 1. The van der Waals surface area contributed by atoms with Gasteiger partial charge in [0.25, 0.3) is 0 Å². The summed E-state index contributed by atoms with van der Waals surface area (Å²) in [5, 5.41) is 8.93. The van der Waals surface area contributed by atoms with Gasteiger partial charge in [-0.05, 0) is 43.7 Å². The molecule has 2 heterocycles. The second kappa shape index (κ2) is 8.78. The van der Waals surface area contributed by atoms with E-state index in [0.29, 0.717) is 12.3 Å². The summed E-state index contributed by atoms with van der Waals surface area (Å²) in [7, 11) is 0. The number of ether oxygens (including phenoxy) is 2. The minimum absolute atomic E-state index is 0.180. The lowest BCUT2D eigenvalue weighted by molar-refractivity contribution is -0.139. The Labute approximate surface area is 153 Å². The summed E-state index contributed by atoms with van der Waals surface area (Å²) in [6.45, 7) is 4.96. The minimum atomic E-state index is -0.985. The third kappa shape index (κ3) is 5.03. The van der Waals surface area contributed by atoms with E-state index in [1.165, 1.54) is 0 Å². The number of benzene rings is 1. The fraction of sp³-hybridized carbons (Fsp3) is 0.400. The zero-order valence-corrected chi connectivity index (χ0v) is 14.9. The van der Waals surface area contributed by atoms with Crippen LogP contribution in [0.1, 0.15) is 18.9 Å². The number of carbonyl (C=O) groups is 1. The van der Waals surface area contributed by atoms with Crippen molar-refractivity contribution in [2.75, 3.05) is 26.3 Å². The Hall–Kier alpha value is -2.44. The highest BCUT2D eigenvalue weighted by atomic mass is 16.5. The number of carboxylic acids is 1. The first-order chi connectivity index (χ1) is 12.6. The van der Waals surface area contributed by atoms with Crippen molar-refractivity contribution in [2.45, 2.75) is 26.0 Å². The van der Waals surface area contributed by atoms with Crippen LogP contribution in [0.3, 0.4) is 0 Å². The predicted molar refractivity (Wildman–Crippen MR) is 98.1 cm³/mol. The van der Waals surface area contributed by atoms with Gasteiger partial charge in [-0.2, -0.15) is 0 Å². The maximum atomic E-state index is 10.9. The van der Waals surface area contributed by atoms with Crippen molar-refractivity contribution in [1.82, 2.24) is 9.88 Å². The molecule has 0 amide bonds. The lowest BCUT2D eigenvalue weighted by Gasteiger charge is -2.23. The van der Waals surface area contributed by atoms with E-state index in [4.69, 9.17) is 14.6 Å². The van der Waals surface area contributed by atoms with Crippen LogP contribution in [0.25, 0.3) is 11.3 Å². The highest BCUT2D eigenvalue weighted by Gasteiger charge is 2.18. The maximum absolute atomic E-state index is 10.9. The maximum Gasteiger partial charge on any atom is 0.341 e. The molecule has 1 fully saturated rings. The largest absolute Gasteiger partial charge is 0.482 e. The van der Waals surface area contributed by atoms with Gasteiger partial charge in [-0.15, -0.1) is 0 Å². The summed E-state index contributed by atoms with van der Waals surface area (Å²) in [5.74, 6) is -0.383. The molecule has 1 atom stereocenters. The average Bonchev–Trinajstić information content (AvgIpc) is 2.85. The molecular weight excluding hydrogens is 332 g/mol. The number of rotatable bonds is 6. The van der Waals surface area contributed by atoms with E-state index in [1.807, 2.05) is 36.4 Å². The van der Waals surface area contributed by atoms with Gasteiger partial charge in [-0.1, -0.05) is 6.07 Å². The van der Waals surface area contributed by atoms with Crippen LogP contribution in [-0.2, 0) is 16.1 Å². The van der Waals surface area contributed by atoms with E-state index in [2.05, 4.69) is 16.8 Å². The van der Waals surface area contributed by atoms with Crippen LogP contribution < -0.4 is 4.74 Å². The number of nitrogens with zero attached hydrogens (tertiary/aromatic N) is 2. The number of aliphatic carboxylic acids is 1. The van der Waals surface area contributed by atoms with Crippen LogP contribution in [0, 0.1) is 0 Å². The number of hydrogen-bond donors (Lipinski definition) is 1. The molecule has 1 N–H and O–H groups in total. The molecule has 2 aromatic rings. The van der Waals surface area contributed by atoms with Crippen molar-refractivity contribution in [2.24, 2.45) is 0 Å². The van der Waals surface area contributed by atoms with Crippen molar-refractivity contribution in [1.29, 1.82) is 0 Å². The molecule has 1 aliphatic rings. The lowest BCUT2D eigenvalue weighted by atomic mass is 10.1. The second-order valence-electron chi connectivity index (χ2n) is 6.49. The minimum Gasteiger partial charge on any atom is -0.482 e. The molecule has 26 heavy (non-hydrogen) atoms. The zero-order chi connectivity index (χ0) is 18.4. The van der Waals surface area contributed by atoms with Crippen LogP contribution >= 0.6 is 0 Å². The van der Waals surface area contributed by atoms with Gasteiger partial charge in [0, 0.05) is 43.6 Å². The van der Waals surface area contributed by atoms with Gasteiger partial charge in [-0.3, -0.25) is 9.88 Å². The van der Waals surface area contributed by atoms with Gasteiger partial charge < -0.3 is 14.6 Å². The molecule has 3 rings (SSSR count). The molecule has 1 saturated heterocycles. The second-order valence-corrected chi connectivity index (χ2v) is 6.49. The summed E-state index contributed by atoms with van der Waals surface area (Å²) >= 11 is 0. The van der Waals surface area contributed by atoms with Crippen LogP contribution in [0.2, 0.25) is 0 Å². The van der Waals surface area contributed by atoms with Crippen LogP contribution in [-0.4, -0.2) is 53.4 Å². The monoisotopic (exact) mass is 356 g/mol. The lowest BCUT2D eigenvalue weighted by Crippen LogP contribution is -2.30. The van der Waals surface area contributed by atoms with Crippen LogP contribution in [0.15, 0.2) is 42.6 Å². The highest BCUT2D eigenvalue weighted by Crippen LogP contribution is 2.27. The fourth-order valence-electron chi connectivity index (χ4n) is 3.14. The van der Waals surface area contributed by atoms with Crippen molar-refractivity contribution in [3.05, 3.63) is 48.2 Å². The summed E-state index contributed by atoms with van der Waals surface area (Å²) in [4.78, 5) is 17.6. The average molecular weight is 356 g/mol. The van der Waals surface area contributed by atoms with E-state index in [-0.39, 0.29) is 12.7 Å². The standard InChI is InChI=1S/C20H24N2O4/c1-15-12-22(9-4-10-25-15)13-17-11-16(18-5-2-3-8-21-18)6-7-19(17)26-14-20(23)24/h2-3,5-8,11,15H,4,9-10,12-14H2,1H3,(H,23,24). The summed E-state index contributed by atoms with van der Waals surface area (Å²) in [6, 6.07) is 11.6. The Morgan fingerprint density at radius 3 is 3.04 bits per heavy atom. The van der Waals surface area contributed by atoms with Gasteiger partial charge in [0.05, 0.1) is 11.8 Å². The van der Waals surface area contributed by atoms with Gasteiger partial charge in [0.2, 0.25) is 0 Å². The Balaban J connectivity index is 1.86. The van der Waals surface area contributed by atoms with Crippen molar-refractivity contribution in [3.8, 4) is 17.0 Å². The molecule has 6 heteroatoms. The first-order valence-corrected chi connectivity index (χ1v) is 8.84. The molecule has 138 valence electrons. The molecule has 1 aromatic heterocycles. The van der Waals surface area contributed by atoms with E-state index >= 15 is 0 Å². The normalized spacial score (nSPS) is 18.3. The van der Waals surface area contributed by atoms with Crippen molar-refractivity contribution in [3.63, 3.8) is 0 Å². The van der Waals surface area contributed by atoms with Gasteiger partial charge in [0.1, 0.15) is 5.75 Å². The van der Waals surface area contributed by atoms with Crippen molar-refractivity contribution < 1.29 is 19.4 Å². The molecule has 1 aromatic carbocycles. The number of pyridine rings is 1. The number of aromatic nitrogens is 1. The molecule has 0 radical (unpaired) electrons. The van der Waals surface area contributed by atoms with Gasteiger partial charge in [-0.25, -0.2) is 4.79 Å². The highest BCUT2D eigenvalue weighted by molar-refractivity contribution is 5.69. The Morgan fingerprint density at radius 2 is 2.27 bits per heavy atom. The van der Waals surface area contributed by atoms with Gasteiger partial charge in [0.15, 0.2) is 6.61 Å². The smallest absolute Gasteiger partial charge is 0.341 e. The number of hydrogen-bond acceptors (Lipinski definition) is 5. The molecule has 0 aliphatic carbocycles. The van der Waals surface area contributed by atoms with Gasteiger partial charge >= 0.3 is 5.97 Å². The Kier molecular flexibility index (Phi) is 6.20. The van der Waals surface area contributed by atoms with E-state index in [1.54, 1.807) is 6.20 Å². The third-order valence-corrected chi connectivity index (χ3v) is 4.30. The molecule has 1 unspecified atom stereocenters. The first kappa shape index (κ1) is 18.4. The van der Waals surface area contributed by atoms with E-state index in [9.17, 15) is 4.79 Å². The van der Waals surface area contributed by atoms with Crippen LogP contribution in [0.4, 0.5) is 0 Å². The topological polar surface area (TPSA) is 71.9 Å². The molecule has 6 nitrogen and oxygen atoms in total. The third-order valence-electron chi connectivity index (χ3n) is 4.30. The summed E-state index contributed by atoms with van der Waals surface area (Å²) in [5.41, 5.74) is 2.83. The quantitative estimate of drug-likeness (QED) is 0.858. The van der Waals surface area contributed by atoms with E-state index in [0.717, 1.165) is 42.9 Å². The molecule has 0 saturated carbocycles. The predicted octanol–water partition coefficient (Wildman–Crippen LogP) is 2.82. The van der Waals surface area contributed by atoms with E-state index < -0.39 is 5.97 Å². The Bertz CT molecular complexity index is 736.